The Morgan fingerprint density at radius 1 is 1.38 bits per heavy atom. The minimum atomic E-state index is 0.907. The minimum Gasteiger partial charge on any atom is -0.106 e. The summed E-state index contributed by atoms with van der Waals surface area (Å²) in [5.41, 5.74) is 0. The van der Waals surface area contributed by atoms with Crippen LogP contribution in [0.15, 0.2) is 12.2 Å². The van der Waals surface area contributed by atoms with Crippen LogP contribution in [-0.4, -0.2) is 0 Å². The third-order valence-corrected chi connectivity index (χ3v) is 0.799. The van der Waals surface area contributed by atoms with E-state index in [1.807, 2.05) is 6.92 Å². The van der Waals surface area contributed by atoms with Crippen molar-refractivity contribution in [2.45, 2.75) is 26.7 Å². The summed E-state index contributed by atoms with van der Waals surface area (Å²) in [7, 11) is 0. The highest BCUT2D eigenvalue weighted by molar-refractivity contribution is 5.01. The maximum absolute atomic E-state index is 2.95. The molecule has 0 heterocycles. The summed E-state index contributed by atoms with van der Waals surface area (Å²) in [5, 5.41) is 0. The Morgan fingerprint density at radius 3 is 2.62 bits per heavy atom. The van der Waals surface area contributed by atoms with Crippen molar-refractivity contribution in [2.75, 3.05) is 0 Å². The topological polar surface area (TPSA) is 0 Å². The van der Waals surface area contributed by atoms with Gasteiger partial charge in [0.15, 0.2) is 0 Å². The van der Waals surface area contributed by atoms with E-state index in [9.17, 15) is 0 Å². The average molecular weight is 108 g/mol. The first kappa shape index (κ1) is 7.30. The molecule has 0 N–H and O–H groups in total. The molecule has 0 fully saturated rings. The van der Waals surface area contributed by atoms with Gasteiger partial charge in [-0.2, -0.15) is 0 Å². The van der Waals surface area contributed by atoms with Crippen molar-refractivity contribution in [3.05, 3.63) is 12.2 Å². The SMILES string of the molecule is CC#CCC=CCC. The van der Waals surface area contributed by atoms with Crippen molar-refractivity contribution in [1.29, 1.82) is 0 Å². The number of hydrogen-bond acceptors (Lipinski definition) is 0. The predicted molar refractivity (Wildman–Crippen MR) is 37.5 cm³/mol. The van der Waals surface area contributed by atoms with E-state index in [1.54, 1.807) is 0 Å². The van der Waals surface area contributed by atoms with E-state index in [1.165, 1.54) is 0 Å². The van der Waals surface area contributed by atoms with Crippen molar-refractivity contribution < 1.29 is 0 Å². The first-order chi connectivity index (χ1) is 3.91. The molecule has 44 valence electrons. The number of allylic oxidation sites excluding steroid dienone is 2. The molecule has 0 heteroatoms. The van der Waals surface area contributed by atoms with E-state index in [4.69, 9.17) is 0 Å². The van der Waals surface area contributed by atoms with Crippen molar-refractivity contribution in [3.63, 3.8) is 0 Å². The van der Waals surface area contributed by atoms with Crippen molar-refractivity contribution in [2.24, 2.45) is 0 Å². The van der Waals surface area contributed by atoms with Crippen LogP contribution in [0.5, 0.6) is 0 Å². The summed E-state index contributed by atoms with van der Waals surface area (Å²) in [5.74, 6) is 5.77. The molecule has 0 rings (SSSR count). The van der Waals surface area contributed by atoms with Crippen LogP contribution in [-0.2, 0) is 0 Å². The van der Waals surface area contributed by atoms with Gasteiger partial charge < -0.3 is 0 Å². The summed E-state index contributed by atoms with van der Waals surface area (Å²) in [6.07, 6.45) is 6.25. The lowest BCUT2D eigenvalue weighted by Crippen LogP contribution is -1.56. The third kappa shape index (κ3) is 5.30. The highest BCUT2D eigenvalue weighted by atomic mass is 13.7. The van der Waals surface area contributed by atoms with Crippen LogP contribution in [0.1, 0.15) is 26.7 Å². The first-order valence-corrected chi connectivity index (χ1v) is 2.96. The quantitative estimate of drug-likeness (QED) is 0.376. The van der Waals surface area contributed by atoms with Crippen LogP contribution in [0.2, 0.25) is 0 Å². The molecule has 0 atom stereocenters. The van der Waals surface area contributed by atoms with Gasteiger partial charge >= 0.3 is 0 Å². The molecule has 0 amide bonds. The van der Waals surface area contributed by atoms with Gasteiger partial charge in [0, 0.05) is 6.42 Å². The summed E-state index contributed by atoms with van der Waals surface area (Å²) < 4.78 is 0. The molecule has 0 radical (unpaired) electrons. The van der Waals surface area contributed by atoms with E-state index in [-0.39, 0.29) is 0 Å². The Morgan fingerprint density at radius 2 is 2.12 bits per heavy atom. The van der Waals surface area contributed by atoms with Crippen LogP contribution in [0.25, 0.3) is 0 Å². The molecule has 0 aromatic rings. The van der Waals surface area contributed by atoms with Gasteiger partial charge in [0.2, 0.25) is 0 Å². The van der Waals surface area contributed by atoms with E-state index in [2.05, 4.69) is 30.9 Å². The van der Waals surface area contributed by atoms with E-state index in [0.29, 0.717) is 0 Å². The van der Waals surface area contributed by atoms with Crippen molar-refractivity contribution >= 4 is 0 Å². The monoisotopic (exact) mass is 108 g/mol. The summed E-state index contributed by atoms with van der Waals surface area (Å²) in [6.45, 7) is 3.98. The Balaban J connectivity index is 3.12. The van der Waals surface area contributed by atoms with Crippen molar-refractivity contribution in [1.82, 2.24) is 0 Å². The van der Waals surface area contributed by atoms with Crippen LogP contribution < -0.4 is 0 Å². The van der Waals surface area contributed by atoms with E-state index < -0.39 is 0 Å². The number of rotatable bonds is 2. The largest absolute Gasteiger partial charge is 0.106 e. The molecule has 0 aromatic carbocycles. The smallest absolute Gasteiger partial charge is 0.0269 e. The maximum atomic E-state index is 2.95. The van der Waals surface area contributed by atoms with Gasteiger partial charge in [-0.05, 0) is 13.3 Å². The maximum Gasteiger partial charge on any atom is 0.0269 e. The third-order valence-electron chi connectivity index (χ3n) is 0.799. The second-order valence-corrected chi connectivity index (χ2v) is 1.51. The molecule has 8 heavy (non-hydrogen) atoms. The van der Waals surface area contributed by atoms with Gasteiger partial charge in [0.05, 0.1) is 0 Å². The lowest BCUT2D eigenvalue weighted by molar-refractivity contribution is 1.20. The molecule has 0 bridgehead atoms. The molecular weight excluding hydrogens is 96.1 g/mol. The molecule has 0 nitrogen and oxygen atoms in total. The van der Waals surface area contributed by atoms with E-state index >= 15 is 0 Å². The van der Waals surface area contributed by atoms with Gasteiger partial charge in [-0.3, -0.25) is 0 Å². The Hall–Kier alpha value is -0.700. The molecule has 0 unspecified atom stereocenters. The van der Waals surface area contributed by atoms with Gasteiger partial charge in [-0.25, -0.2) is 0 Å². The van der Waals surface area contributed by atoms with Crippen LogP contribution in [0, 0.1) is 11.8 Å². The Bertz CT molecular complexity index is 110. The zero-order chi connectivity index (χ0) is 6.24. The molecule has 0 saturated heterocycles. The Kier molecular flexibility index (Phi) is 5.75. The van der Waals surface area contributed by atoms with Crippen LogP contribution in [0.3, 0.4) is 0 Å². The standard InChI is InChI=1S/C8H12/c1-3-5-7-8-6-4-2/h5,7H,3,8H2,1-2H3. The normalized spacial score (nSPS) is 8.75. The molecule has 0 spiro atoms. The Labute approximate surface area is 51.6 Å². The van der Waals surface area contributed by atoms with Gasteiger partial charge in [0.1, 0.15) is 0 Å². The second kappa shape index (κ2) is 6.30. The fraction of sp³-hybridized carbons (Fsp3) is 0.500. The molecule has 0 aliphatic heterocycles. The first-order valence-electron chi connectivity index (χ1n) is 2.96. The highest BCUT2D eigenvalue weighted by Gasteiger charge is 1.64. The minimum absolute atomic E-state index is 0.907. The van der Waals surface area contributed by atoms with Gasteiger partial charge in [-0.15, -0.1) is 5.92 Å². The summed E-state index contributed by atoms with van der Waals surface area (Å²) in [4.78, 5) is 0. The molecule has 0 aromatic heterocycles. The van der Waals surface area contributed by atoms with Crippen molar-refractivity contribution in [3.8, 4) is 11.8 Å². The van der Waals surface area contributed by atoms with Gasteiger partial charge in [0.25, 0.3) is 0 Å². The lowest BCUT2D eigenvalue weighted by atomic mass is 10.3. The van der Waals surface area contributed by atoms with E-state index in [0.717, 1.165) is 12.8 Å². The average Bonchev–Trinajstić information content (AvgIpc) is 1.81. The van der Waals surface area contributed by atoms with Crippen LogP contribution in [0.4, 0.5) is 0 Å². The molecule has 0 aliphatic carbocycles. The predicted octanol–water partition coefficient (Wildman–Crippen LogP) is 2.37. The van der Waals surface area contributed by atoms with Gasteiger partial charge in [-0.1, -0.05) is 25.0 Å². The fourth-order valence-electron chi connectivity index (χ4n) is 0.411. The molecular formula is C8H12. The summed E-state index contributed by atoms with van der Waals surface area (Å²) in [6, 6.07) is 0. The lowest BCUT2D eigenvalue weighted by Gasteiger charge is -1.74. The zero-order valence-electron chi connectivity index (χ0n) is 5.57. The summed E-state index contributed by atoms with van der Waals surface area (Å²) >= 11 is 0. The highest BCUT2D eigenvalue weighted by Crippen LogP contribution is 1.82. The fourth-order valence-corrected chi connectivity index (χ4v) is 0.411. The second-order valence-electron chi connectivity index (χ2n) is 1.51. The number of hydrogen-bond donors (Lipinski definition) is 0. The molecule has 0 aliphatic rings. The molecule has 0 saturated carbocycles. The van der Waals surface area contributed by atoms with Crippen LogP contribution >= 0.6 is 0 Å². The zero-order valence-corrected chi connectivity index (χ0v) is 5.57.